The number of hydrogen-bond acceptors (Lipinski definition) is 10. The molecule has 2 heterocycles. The Morgan fingerprint density at radius 1 is 1.24 bits per heavy atom. The lowest BCUT2D eigenvalue weighted by Gasteiger charge is -2.42. The Labute approximate surface area is 222 Å². The van der Waals surface area contributed by atoms with Crippen LogP contribution in [0.4, 0.5) is 0 Å². The third-order valence-corrected chi connectivity index (χ3v) is 7.85. The number of phenols is 1. The standard InChI is InChI=1S/C26H28N2O9S/c1-11-21(32)19(13(3)29)23-20-22(11)37-26(20)17(36-23)8-7-15(24(26)33)12(2)27-9-5-6-18(31)38-10-16(25(34)35)28-14(4)30/h8,15-16,32H,5-7,9-10H2,1-4H3,(H,28,30)(H,34,35). The number of benzene rings is 1. The van der Waals surface area contributed by atoms with E-state index in [1.54, 1.807) is 19.9 Å². The van der Waals surface area contributed by atoms with Crippen molar-refractivity contribution in [2.24, 2.45) is 10.9 Å². The average Bonchev–Trinajstić information content (AvgIpc) is 3.09. The number of hydrogen-bond donors (Lipinski definition) is 3. The van der Waals surface area contributed by atoms with Gasteiger partial charge in [-0.15, -0.1) is 0 Å². The molecule has 1 spiro atoms. The van der Waals surface area contributed by atoms with Crippen LogP contribution in [0.1, 0.15) is 61.5 Å². The van der Waals surface area contributed by atoms with Crippen molar-refractivity contribution in [3.8, 4) is 17.2 Å². The van der Waals surface area contributed by atoms with E-state index in [9.17, 15) is 29.1 Å². The highest BCUT2D eigenvalue weighted by Crippen LogP contribution is 2.65. The molecule has 0 fully saturated rings. The smallest absolute Gasteiger partial charge is 0.327 e. The number of nitrogens with one attached hydrogen (secondary N) is 1. The lowest BCUT2D eigenvalue weighted by Crippen LogP contribution is -2.54. The van der Waals surface area contributed by atoms with Gasteiger partial charge in [-0.3, -0.25) is 24.2 Å². The highest BCUT2D eigenvalue weighted by molar-refractivity contribution is 8.13. The normalized spacial score (nSPS) is 21.7. The summed E-state index contributed by atoms with van der Waals surface area (Å²) in [7, 11) is 0. The Bertz CT molecular complexity index is 1330. The Morgan fingerprint density at radius 2 is 1.95 bits per heavy atom. The van der Waals surface area contributed by atoms with Crippen molar-refractivity contribution in [1.82, 2.24) is 5.32 Å². The number of carbonyl (C=O) groups excluding carboxylic acids is 4. The largest absolute Gasteiger partial charge is 0.507 e. The minimum atomic E-state index is -1.45. The molecule has 3 atom stereocenters. The summed E-state index contributed by atoms with van der Waals surface area (Å²) in [6, 6.07) is -1.14. The van der Waals surface area contributed by atoms with E-state index in [-0.39, 0.29) is 45.9 Å². The Kier molecular flexibility index (Phi) is 7.37. The number of nitrogens with zero attached hydrogens (tertiary/aromatic N) is 1. The second kappa shape index (κ2) is 10.2. The second-order valence-corrected chi connectivity index (χ2v) is 10.5. The van der Waals surface area contributed by atoms with Crippen LogP contribution < -0.4 is 14.8 Å². The van der Waals surface area contributed by atoms with Gasteiger partial charge in [-0.1, -0.05) is 11.8 Å². The summed E-state index contributed by atoms with van der Waals surface area (Å²) in [5, 5.41) is 21.7. The number of carboxylic acid groups (broad SMARTS) is 1. The molecule has 11 nitrogen and oxygen atoms in total. The van der Waals surface area contributed by atoms with Gasteiger partial charge in [-0.25, -0.2) is 4.79 Å². The molecule has 38 heavy (non-hydrogen) atoms. The molecule has 202 valence electrons. The van der Waals surface area contributed by atoms with E-state index < -0.39 is 29.4 Å². The van der Waals surface area contributed by atoms with Crippen LogP contribution in [0.25, 0.3) is 0 Å². The van der Waals surface area contributed by atoms with Crippen LogP contribution in [0, 0.1) is 12.8 Å². The van der Waals surface area contributed by atoms with Crippen LogP contribution in [0.2, 0.25) is 0 Å². The topological polar surface area (TPSA) is 169 Å². The Hall–Kier alpha value is -3.67. The first-order valence-electron chi connectivity index (χ1n) is 12.1. The molecular weight excluding hydrogens is 516 g/mol. The molecule has 4 rings (SSSR count). The van der Waals surface area contributed by atoms with Crippen molar-refractivity contribution in [2.75, 3.05) is 12.3 Å². The molecule has 1 aromatic carbocycles. The van der Waals surface area contributed by atoms with Crippen LogP contribution >= 0.6 is 11.8 Å². The fraction of sp³-hybridized carbons (Fsp3) is 0.462. The predicted molar refractivity (Wildman–Crippen MR) is 137 cm³/mol. The van der Waals surface area contributed by atoms with E-state index in [1.165, 1.54) is 13.8 Å². The maximum atomic E-state index is 13.7. The number of carboxylic acids is 1. The number of phenolic OH excluding ortho intramolecular Hbond substituents is 1. The number of allylic oxidation sites excluding steroid dienone is 1. The summed E-state index contributed by atoms with van der Waals surface area (Å²) in [6.45, 7) is 6.17. The number of Topliss-reactive ketones (excluding diaryl/α,β-unsaturated/α-hetero) is 2. The van der Waals surface area contributed by atoms with Crippen molar-refractivity contribution in [2.45, 2.75) is 58.6 Å². The first-order chi connectivity index (χ1) is 17.9. The van der Waals surface area contributed by atoms with Gasteiger partial charge in [0.05, 0.1) is 11.5 Å². The molecule has 0 saturated carbocycles. The maximum Gasteiger partial charge on any atom is 0.327 e. The molecule has 1 amide bonds. The first-order valence-corrected chi connectivity index (χ1v) is 13.1. The molecule has 3 unspecified atom stereocenters. The van der Waals surface area contributed by atoms with E-state index in [4.69, 9.17) is 14.6 Å². The molecule has 0 bridgehead atoms. The summed E-state index contributed by atoms with van der Waals surface area (Å²) in [6.07, 6.45) is 2.64. The minimum absolute atomic E-state index is 0.0308. The molecule has 1 aliphatic carbocycles. The second-order valence-electron chi connectivity index (χ2n) is 9.45. The van der Waals surface area contributed by atoms with Gasteiger partial charge in [0.1, 0.15) is 23.1 Å². The number of rotatable bonds is 10. The van der Waals surface area contributed by atoms with E-state index in [1.807, 2.05) is 0 Å². The van der Waals surface area contributed by atoms with Gasteiger partial charge >= 0.3 is 5.97 Å². The molecule has 12 heteroatoms. The lowest BCUT2D eigenvalue weighted by molar-refractivity contribution is -0.141. The molecular formula is C26H28N2O9S. The van der Waals surface area contributed by atoms with Gasteiger partial charge in [-0.2, -0.15) is 0 Å². The predicted octanol–water partition coefficient (Wildman–Crippen LogP) is 2.45. The van der Waals surface area contributed by atoms with Gasteiger partial charge in [-0.05, 0) is 39.7 Å². The minimum Gasteiger partial charge on any atom is -0.507 e. The van der Waals surface area contributed by atoms with Gasteiger partial charge in [0, 0.05) is 36.9 Å². The number of carbonyl (C=O) groups is 5. The summed E-state index contributed by atoms with van der Waals surface area (Å²) < 4.78 is 11.9. The van der Waals surface area contributed by atoms with Gasteiger partial charge in [0.25, 0.3) is 5.60 Å². The molecule has 2 aliphatic heterocycles. The summed E-state index contributed by atoms with van der Waals surface area (Å²) in [4.78, 5) is 64.8. The summed E-state index contributed by atoms with van der Waals surface area (Å²) in [5.41, 5.74) is -0.00597. The number of aliphatic imine (C=N–C) groups is 1. The van der Waals surface area contributed by atoms with Gasteiger partial charge in [0.15, 0.2) is 28.2 Å². The Balaban J connectivity index is 1.39. The molecule has 3 aliphatic rings. The quantitative estimate of drug-likeness (QED) is 0.226. The lowest BCUT2D eigenvalue weighted by atomic mass is 9.71. The van der Waals surface area contributed by atoms with Gasteiger partial charge < -0.3 is 25.0 Å². The number of ketones is 2. The third kappa shape index (κ3) is 4.46. The fourth-order valence-corrected chi connectivity index (χ4v) is 5.75. The van der Waals surface area contributed by atoms with E-state index in [0.29, 0.717) is 47.7 Å². The summed E-state index contributed by atoms with van der Waals surface area (Å²) in [5.74, 6) is -2.42. The summed E-state index contributed by atoms with van der Waals surface area (Å²) >= 11 is 0.840. The number of aromatic hydroxyl groups is 1. The van der Waals surface area contributed by atoms with Gasteiger partial charge in [0.2, 0.25) is 5.91 Å². The SMILES string of the molecule is CC(=O)NC(CSC(=O)CCCN=C(C)C1CC=C2Oc3c(C(C)=O)c(O)c(C)c4c3C2(O4)C1=O)C(=O)O. The zero-order valence-electron chi connectivity index (χ0n) is 21.4. The maximum absolute atomic E-state index is 13.7. The monoisotopic (exact) mass is 544 g/mol. The highest BCUT2D eigenvalue weighted by atomic mass is 32.2. The average molecular weight is 545 g/mol. The molecule has 0 radical (unpaired) electrons. The molecule has 0 saturated heterocycles. The third-order valence-electron chi connectivity index (χ3n) is 6.83. The highest BCUT2D eigenvalue weighted by Gasteiger charge is 2.66. The fourth-order valence-electron chi connectivity index (χ4n) is 4.88. The van der Waals surface area contributed by atoms with Crippen molar-refractivity contribution >= 4 is 46.0 Å². The van der Waals surface area contributed by atoms with E-state index in [2.05, 4.69) is 10.3 Å². The molecule has 3 N–H and O–H groups in total. The van der Waals surface area contributed by atoms with Crippen LogP contribution in [0.3, 0.4) is 0 Å². The van der Waals surface area contributed by atoms with Crippen LogP contribution in [0.5, 0.6) is 17.2 Å². The molecule has 0 aromatic heterocycles. The van der Waals surface area contributed by atoms with Crippen molar-refractivity contribution < 1.29 is 43.7 Å². The number of aliphatic carboxylic acids is 1. The number of amides is 1. The van der Waals surface area contributed by atoms with Crippen molar-refractivity contribution in [3.63, 3.8) is 0 Å². The number of ether oxygens (including phenoxy) is 2. The first kappa shape index (κ1) is 27.4. The van der Waals surface area contributed by atoms with E-state index in [0.717, 1.165) is 11.8 Å². The van der Waals surface area contributed by atoms with Crippen LogP contribution in [-0.4, -0.2) is 62.8 Å². The molecule has 1 aromatic rings. The zero-order valence-corrected chi connectivity index (χ0v) is 22.2. The van der Waals surface area contributed by atoms with Crippen LogP contribution in [0.15, 0.2) is 16.8 Å². The van der Waals surface area contributed by atoms with E-state index >= 15 is 0 Å². The number of thioether (sulfide) groups is 1. The van der Waals surface area contributed by atoms with Crippen molar-refractivity contribution in [1.29, 1.82) is 0 Å². The van der Waals surface area contributed by atoms with Crippen LogP contribution in [-0.2, 0) is 24.8 Å². The van der Waals surface area contributed by atoms with Crippen molar-refractivity contribution in [3.05, 3.63) is 28.5 Å². The zero-order chi connectivity index (χ0) is 27.9. The Morgan fingerprint density at radius 3 is 2.58 bits per heavy atom.